The number of nitrogens with two attached hydrogens (primary N) is 1. The number of ether oxygens (including phenoxy) is 2. The number of amides is 1. The van der Waals surface area contributed by atoms with Gasteiger partial charge in [0.15, 0.2) is 0 Å². The quantitative estimate of drug-likeness (QED) is 0.348. The highest BCUT2D eigenvalue weighted by molar-refractivity contribution is 5.80. The minimum Gasteiger partial charge on any atom is -0.376 e. The van der Waals surface area contributed by atoms with Crippen LogP contribution >= 0.6 is 0 Å². The van der Waals surface area contributed by atoms with Gasteiger partial charge in [-0.05, 0) is 6.42 Å². The smallest absolute Gasteiger partial charge is 0.263 e. The van der Waals surface area contributed by atoms with Gasteiger partial charge in [-0.25, -0.2) is 5.84 Å². The van der Waals surface area contributed by atoms with Crippen molar-refractivity contribution in [3.05, 3.63) is 0 Å². The average Bonchev–Trinajstić information content (AvgIpc) is 2.07. The minimum absolute atomic E-state index is 0.0637. The zero-order valence-electron chi connectivity index (χ0n) is 7.79. The number of nitrogens with one attached hydrogen (secondary N) is 1. The standard InChI is InChI=1S/C8H16N2O3/c1-2-3-7(8(11)10-9)13-6-4-12-5-6/h6-7H,2-5,9H2,1H3,(H,10,11). The van der Waals surface area contributed by atoms with Gasteiger partial charge in [-0.15, -0.1) is 0 Å². The van der Waals surface area contributed by atoms with Crippen molar-refractivity contribution in [3.8, 4) is 0 Å². The second-order valence-corrected chi connectivity index (χ2v) is 3.08. The SMILES string of the molecule is CCCC(OC1COC1)C(=O)NN. The topological polar surface area (TPSA) is 73.6 Å². The molecule has 1 aliphatic rings. The normalized spacial score (nSPS) is 19.2. The molecule has 1 amide bonds. The Bertz CT molecular complexity index is 171. The van der Waals surface area contributed by atoms with Crippen LogP contribution in [0.5, 0.6) is 0 Å². The van der Waals surface area contributed by atoms with E-state index in [4.69, 9.17) is 15.3 Å². The predicted octanol–water partition coefficient (Wildman–Crippen LogP) is -0.440. The molecule has 13 heavy (non-hydrogen) atoms. The van der Waals surface area contributed by atoms with Crippen LogP contribution in [0.2, 0.25) is 0 Å². The second-order valence-electron chi connectivity index (χ2n) is 3.08. The second kappa shape index (κ2) is 5.16. The molecule has 3 N–H and O–H groups in total. The first-order valence-corrected chi connectivity index (χ1v) is 4.51. The maximum absolute atomic E-state index is 11.2. The number of rotatable bonds is 5. The van der Waals surface area contributed by atoms with Crippen LogP contribution in [0.4, 0.5) is 0 Å². The van der Waals surface area contributed by atoms with Crippen molar-refractivity contribution in [3.63, 3.8) is 0 Å². The van der Waals surface area contributed by atoms with E-state index in [0.717, 1.165) is 6.42 Å². The van der Waals surface area contributed by atoms with Crippen molar-refractivity contribution in [2.75, 3.05) is 13.2 Å². The fraction of sp³-hybridized carbons (Fsp3) is 0.875. The van der Waals surface area contributed by atoms with Gasteiger partial charge >= 0.3 is 0 Å². The fourth-order valence-corrected chi connectivity index (χ4v) is 1.14. The molecule has 0 radical (unpaired) electrons. The fourth-order valence-electron chi connectivity index (χ4n) is 1.14. The van der Waals surface area contributed by atoms with E-state index in [-0.39, 0.29) is 12.0 Å². The Morgan fingerprint density at radius 1 is 1.77 bits per heavy atom. The summed E-state index contributed by atoms with van der Waals surface area (Å²) in [5.74, 6) is 4.77. The summed E-state index contributed by atoms with van der Waals surface area (Å²) in [5.41, 5.74) is 2.10. The zero-order valence-corrected chi connectivity index (χ0v) is 7.79. The Kier molecular flexibility index (Phi) is 4.14. The number of hydrogen-bond donors (Lipinski definition) is 2. The van der Waals surface area contributed by atoms with Crippen LogP contribution in [0.15, 0.2) is 0 Å². The summed E-state index contributed by atoms with van der Waals surface area (Å²) in [4.78, 5) is 11.2. The number of carbonyl (C=O) groups excluding carboxylic acids is 1. The third-order valence-electron chi connectivity index (χ3n) is 1.95. The highest BCUT2D eigenvalue weighted by atomic mass is 16.6. The Morgan fingerprint density at radius 3 is 2.85 bits per heavy atom. The predicted molar refractivity (Wildman–Crippen MR) is 46.7 cm³/mol. The molecule has 0 saturated carbocycles. The van der Waals surface area contributed by atoms with E-state index < -0.39 is 6.10 Å². The summed E-state index contributed by atoms with van der Waals surface area (Å²) in [6.45, 7) is 3.16. The van der Waals surface area contributed by atoms with E-state index in [9.17, 15) is 4.79 Å². The van der Waals surface area contributed by atoms with Gasteiger partial charge in [0.1, 0.15) is 12.2 Å². The van der Waals surface area contributed by atoms with Gasteiger partial charge in [0, 0.05) is 0 Å². The first kappa shape index (κ1) is 10.4. The molecule has 1 fully saturated rings. The van der Waals surface area contributed by atoms with E-state index in [2.05, 4.69) is 5.43 Å². The van der Waals surface area contributed by atoms with E-state index in [1.54, 1.807) is 0 Å². The molecule has 0 spiro atoms. The first-order valence-electron chi connectivity index (χ1n) is 4.51. The first-order chi connectivity index (χ1) is 6.27. The molecule has 0 aromatic carbocycles. The summed E-state index contributed by atoms with van der Waals surface area (Å²) in [7, 11) is 0. The molecule has 1 atom stereocenters. The lowest BCUT2D eigenvalue weighted by Crippen LogP contribution is -2.46. The summed E-state index contributed by atoms with van der Waals surface area (Å²) in [6.07, 6.45) is 1.23. The third kappa shape index (κ3) is 2.95. The van der Waals surface area contributed by atoms with Crippen molar-refractivity contribution in [1.29, 1.82) is 0 Å². The monoisotopic (exact) mass is 188 g/mol. The molecular formula is C8H16N2O3. The van der Waals surface area contributed by atoms with Crippen LogP contribution in [0.25, 0.3) is 0 Å². The lowest BCUT2D eigenvalue weighted by atomic mass is 10.2. The van der Waals surface area contributed by atoms with Gasteiger partial charge in [-0.1, -0.05) is 13.3 Å². The van der Waals surface area contributed by atoms with Crippen molar-refractivity contribution < 1.29 is 14.3 Å². The van der Waals surface area contributed by atoms with Gasteiger partial charge in [-0.3, -0.25) is 10.2 Å². The maximum atomic E-state index is 11.2. The van der Waals surface area contributed by atoms with Crippen LogP contribution in [0.3, 0.4) is 0 Å². The van der Waals surface area contributed by atoms with Crippen LogP contribution < -0.4 is 11.3 Å². The number of hydrazine groups is 1. The molecule has 0 aromatic heterocycles. The number of hydrogen-bond acceptors (Lipinski definition) is 4. The van der Waals surface area contributed by atoms with Gasteiger partial charge in [0.2, 0.25) is 0 Å². The van der Waals surface area contributed by atoms with E-state index in [1.165, 1.54) is 0 Å². The molecule has 1 heterocycles. The third-order valence-corrected chi connectivity index (χ3v) is 1.95. The highest BCUT2D eigenvalue weighted by Gasteiger charge is 2.26. The Hall–Kier alpha value is -0.650. The largest absolute Gasteiger partial charge is 0.376 e. The van der Waals surface area contributed by atoms with Crippen LogP contribution in [0.1, 0.15) is 19.8 Å². The summed E-state index contributed by atoms with van der Waals surface area (Å²) in [6, 6.07) is 0. The Morgan fingerprint density at radius 2 is 2.46 bits per heavy atom. The summed E-state index contributed by atoms with van der Waals surface area (Å²) < 4.78 is 10.4. The van der Waals surface area contributed by atoms with Gasteiger partial charge in [0.25, 0.3) is 5.91 Å². The van der Waals surface area contributed by atoms with Gasteiger partial charge in [-0.2, -0.15) is 0 Å². The summed E-state index contributed by atoms with van der Waals surface area (Å²) in [5, 5.41) is 0. The highest BCUT2D eigenvalue weighted by Crippen LogP contribution is 2.12. The van der Waals surface area contributed by atoms with E-state index in [1.807, 2.05) is 6.92 Å². The molecule has 0 bridgehead atoms. The Labute approximate surface area is 77.5 Å². The summed E-state index contributed by atoms with van der Waals surface area (Å²) >= 11 is 0. The van der Waals surface area contributed by atoms with Crippen LogP contribution in [-0.4, -0.2) is 31.3 Å². The Balaban J connectivity index is 2.31. The molecule has 5 heteroatoms. The van der Waals surface area contributed by atoms with E-state index >= 15 is 0 Å². The molecule has 1 rings (SSSR count). The molecule has 1 aliphatic heterocycles. The molecular weight excluding hydrogens is 172 g/mol. The molecule has 1 unspecified atom stereocenters. The lowest BCUT2D eigenvalue weighted by molar-refractivity contribution is -0.168. The molecule has 1 saturated heterocycles. The maximum Gasteiger partial charge on any atom is 0.263 e. The minimum atomic E-state index is -0.427. The molecule has 0 aromatic rings. The average molecular weight is 188 g/mol. The van der Waals surface area contributed by atoms with Crippen LogP contribution in [-0.2, 0) is 14.3 Å². The molecule has 5 nitrogen and oxygen atoms in total. The van der Waals surface area contributed by atoms with Crippen LogP contribution in [0, 0.1) is 0 Å². The van der Waals surface area contributed by atoms with Gasteiger partial charge in [0.05, 0.1) is 13.2 Å². The number of carbonyl (C=O) groups is 1. The van der Waals surface area contributed by atoms with Crippen molar-refractivity contribution in [1.82, 2.24) is 5.43 Å². The lowest BCUT2D eigenvalue weighted by Gasteiger charge is -2.29. The molecule has 0 aliphatic carbocycles. The molecule has 76 valence electrons. The van der Waals surface area contributed by atoms with Crippen molar-refractivity contribution in [2.24, 2.45) is 5.84 Å². The van der Waals surface area contributed by atoms with Crippen molar-refractivity contribution >= 4 is 5.91 Å². The zero-order chi connectivity index (χ0) is 9.68. The van der Waals surface area contributed by atoms with Gasteiger partial charge < -0.3 is 9.47 Å². The van der Waals surface area contributed by atoms with E-state index in [0.29, 0.717) is 19.6 Å². The van der Waals surface area contributed by atoms with Crippen molar-refractivity contribution in [2.45, 2.75) is 32.0 Å².